The molecule has 166 valence electrons. The molecule has 1 saturated heterocycles. The second kappa shape index (κ2) is 9.58. The first-order valence-electron chi connectivity index (χ1n) is 10.2. The van der Waals surface area contributed by atoms with Crippen molar-refractivity contribution in [3.05, 3.63) is 58.6 Å². The minimum absolute atomic E-state index is 0.154. The maximum absolute atomic E-state index is 11.6. The fraction of sp³-hybridized carbons (Fsp3) is 0.435. The number of hydrogen-bond acceptors (Lipinski definition) is 6. The summed E-state index contributed by atoms with van der Waals surface area (Å²) in [6.45, 7) is 5.38. The topological polar surface area (TPSA) is 90.6 Å². The van der Waals surface area contributed by atoms with Gasteiger partial charge in [-0.25, -0.2) is 8.42 Å². The van der Waals surface area contributed by atoms with E-state index < -0.39 is 15.9 Å². The molecule has 0 radical (unpaired) electrons. The Labute approximate surface area is 188 Å². The second-order valence-corrected chi connectivity index (χ2v) is 10.7. The molecule has 1 aliphatic rings. The highest BCUT2D eigenvalue weighted by Crippen LogP contribution is 2.32. The molecule has 0 saturated carbocycles. The van der Waals surface area contributed by atoms with Crippen LogP contribution in [-0.2, 0) is 9.84 Å². The molecular formula is C23H27ClN2O4S. The molecule has 0 aliphatic carbocycles. The Bertz CT molecular complexity index is 1070. The van der Waals surface area contributed by atoms with Crippen molar-refractivity contribution in [3.63, 3.8) is 0 Å². The maximum Gasteiger partial charge on any atom is 0.175 e. The van der Waals surface area contributed by atoms with Crippen LogP contribution in [0.5, 0.6) is 5.75 Å². The molecule has 0 bridgehead atoms. The predicted octanol–water partition coefficient (Wildman–Crippen LogP) is 3.83. The van der Waals surface area contributed by atoms with E-state index in [0.717, 1.165) is 13.0 Å². The lowest BCUT2D eigenvalue weighted by Crippen LogP contribution is -2.40. The summed E-state index contributed by atoms with van der Waals surface area (Å²) in [7, 11) is -3.22. The van der Waals surface area contributed by atoms with Crippen LogP contribution < -0.4 is 4.74 Å². The Balaban J connectivity index is 1.61. The number of halogens is 1. The Morgan fingerprint density at radius 2 is 1.97 bits per heavy atom. The normalized spacial score (nSPS) is 21.4. The van der Waals surface area contributed by atoms with Gasteiger partial charge in [0.1, 0.15) is 5.75 Å². The van der Waals surface area contributed by atoms with Gasteiger partial charge >= 0.3 is 0 Å². The van der Waals surface area contributed by atoms with E-state index in [1.807, 2.05) is 6.92 Å². The molecule has 0 aromatic heterocycles. The molecule has 4 atom stereocenters. The zero-order valence-corrected chi connectivity index (χ0v) is 19.4. The van der Waals surface area contributed by atoms with E-state index in [-0.39, 0.29) is 22.9 Å². The monoisotopic (exact) mass is 462 g/mol. The number of aliphatic hydroxyl groups is 1. The SMILES string of the molecule is C[C@@H]1C[C@H](COc2ccc(S(C)(=O)=O)cc2)CN1[C@H](C)[C@H](O)c1cc(Cl)cc(C#N)c1. The van der Waals surface area contributed by atoms with E-state index in [0.29, 0.717) is 28.5 Å². The molecule has 8 heteroatoms. The molecule has 1 N–H and O–H groups in total. The number of sulfone groups is 1. The molecule has 0 amide bonds. The van der Waals surface area contributed by atoms with Gasteiger partial charge < -0.3 is 9.84 Å². The fourth-order valence-corrected chi connectivity index (χ4v) is 5.04. The minimum atomic E-state index is -3.22. The fourth-order valence-electron chi connectivity index (χ4n) is 4.16. The highest BCUT2D eigenvalue weighted by atomic mass is 35.5. The molecule has 1 aliphatic heterocycles. The largest absolute Gasteiger partial charge is 0.493 e. The summed E-state index contributed by atoms with van der Waals surface area (Å²) < 4.78 is 29.0. The molecule has 31 heavy (non-hydrogen) atoms. The van der Waals surface area contributed by atoms with Gasteiger partial charge in [-0.1, -0.05) is 11.6 Å². The zero-order valence-electron chi connectivity index (χ0n) is 17.8. The van der Waals surface area contributed by atoms with Gasteiger partial charge in [-0.2, -0.15) is 5.26 Å². The summed E-state index contributed by atoms with van der Waals surface area (Å²) >= 11 is 6.10. The van der Waals surface area contributed by atoms with Gasteiger partial charge in [0.05, 0.1) is 29.2 Å². The van der Waals surface area contributed by atoms with Gasteiger partial charge in [-0.3, -0.25) is 4.90 Å². The number of ether oxygens (including phenoxy) is 1. The highest BCUT2D eigenvalue weighted by molar-refractivity contribution is 7.90. The van der Waals surface area contributed by atoms with Crippen molar-refractivity contribution >= 4 is 21.4 Å². The van der Waals surface area contributed by atoms with Crippen LogP contribution in [0.4, 0.5) is 0 Å². The number of benzene rings is 2. The predicted molar refractivity (Wildman–Crippen MR) is 120 cm³/mol. The van der Waals surface area contributed by atoms with Crippen molar-refractivity contribution in [2.45, 2.75) is 43.4 Å². The van der Waals surface area contributed by atoms with E-state index in [9.17, 15) is 13.5 Å². The van der Waals surface area contributed by atoms with Crippen molar-refractivity contribution in [3.8, 4) is 11.8 Å². The van der Waals surface area contributed by atoms with Gasteiger partial charge in [0.2, 0.25) is 0 Å². The van der Waals surface area contributed by atoms with E-state index in [2.05, 4.69) is 17.9 Å². The molecule has 2 aromatic rings. The highest BCUT2D eigenvalue weighted by Gasteiger charge is 2.35. The van der Waals surface area contributed by atoms with E-state index in [4.69, 9.17) is 21.6 Å². The summed E-state index contributed by atoms with van der Waals surface area (Å²) in [5, 5.41) is 20.5. The van der Waals surface area contributed by atoms with Gasteiger partial charge in [0.25, 0.3) is 0 Å². The third kappa shape index (κ3) is 5.78. The van der Waals surface area contributed by atoms with Gasteiger partial charge in [-0.15, -0.1) is 0 Å². The minimum Gasteiger partial charge on any atom is -0.493 e. The van der Waals surface area contributed by atoms with Gasteiger partial charge in [0, 0.05) is 35.8 Å². The third-order valence-corrected chi connectivity index (χ3v) is 7.16. The summed E-state index contributed by atoms with van der Waals surface area (Å²) in [6, 6.07) is 13.6. The summed E-state index contributed by atoms with van der Waals surface area (Å²) in [6.07, 6.45) is 1.34. The molecule has 0 spiro atoms. The van der Waals surface area contributed by atoms with Crippen molar-refractivity contribution in [1.29, 1.82) is 5.26 Å². The second-order valence-electron chi connectivity index (χ2n) is 8.27. The molecule has 6 nitrogen and oxygen atoms in total. The Hall–Kier alpha value is -2.11. The van der Waals surface area contributed by atoms with Crippen LogP contribution in [0.25, 0.3) is 0 Å². The number of aliphatic hydroxyl groups excluding tert-OH is 1. The average molecular weight is 463 g/mol. The first-order chi connectivity index (χ1) is 14.6. The number of nitrogens with zero attached hydrogens (tertiary/aromatic N) is 2. The van der Waals surface area contributed by atoms with Crippen LogP contribution >= 0.6 is 11.6 Å². The number of nitriles is 1. The van der Waals surface area contributed by atoms with Crippen molar-refractivity contribution < 1.29 is 18.3 Å². The maximum atomic E-state index is 11.6. The van der Waals surface area contributed by atoms with Crippen LogP contribution in [0.2, 0.25) is 5.02 Å². The number of likely N-dealkylation sites (tertiary alicyclic amines) is 1. The lowest BCUT2D eigenvalue weighted by molar-refractivity contribution is 0.0517. The summed E-state index contributed by atoms with van der Waals surface area (Å²) in [5.41, 5.74) is 1.06. The molecule has 0 unspecified atom stereocenters. The van der Waals surface area contributed by atoms with Gasteiger partial charge in [0.15, 0.2) is 9.84 Å². The van der Waals surface area contributed by atoms with Gasteiger partial charge in [-0.05, 0) is 68.3 Å². The van der Waals surface area contributed by atoms with Crippen LogP contribution in [0.3, 0.4) is 0 Å². The number of hydrogen-bond donors (Lipinski definition) is 1. The van der Waals surface area contributed by atoms with Crippen molar-refractivity contribution in [2.75, 3.05) is 19.4 Å². The smallest absolute Gasteiger partial charge is 0.175 e. The molecule has 3 rings (SSSR count). The molecular weight excluding hydrogens is 436 g/mol. The van der Waals surface area contributed by atoms with Crippen molar-refractivity contribution in [1.82, 2.24) is 4.90 Å². The Morgan fingerprint density at radius 1 is 1.29 bits per heavy atom. The van der Waals surface area contributed by atoms with Crippen LogP contribution in [0, 0.1) is 17.2 Å². The molecule has 1 fully saturated rings. The quantitative estimate of drug-likeness (QED) is 0.672. The first kappa shape index (κ1) is 23.6. The molecule has 1 heterocycles. The summed E-state index contributed by atoms with van der Waals surface area (Å²) in [5.74, 6) is 0.919. The Morgan fingerprint density at radius 3 is 2.58 bits per heavy atom. The third-order valence-electron chi connectivity index (χ3n) is 5.82. The van der Waals surface area contributed by atoms with E-state index in [1.54, 1.807) is 42.5 Å². The average Bonchev–Trinajstić information content (AvgIpc) is 3.10. The lowest BCUT2D eigenvalue weighted by atomic mass is 10.00. The van der Waals surface area contributed by atoms with Crippen molar-refractivity contribution in [2.24, 2.45) is 5.92 Å². The zero-order chi connectivity index (χ0) is 22.8. The Kier molecular flexibility index (Phi) is 7.28. The van der Waals surface area contributed by atoms with Crippen LogP contribution in [0.1, 0.15) is 37.5 Å². The standard InChI is InChI=1S/C23H27ClN2O4S/c1-15-8-18(14-30-21-4-6-22(7-5-21)31(3,28)29)13-26(15)16(2)23(27)19-9-17(12-25)10-20(24)11-19/h4-7,9-11,15-16,18,23,27H,8,13-14H2,1-3H3/t15-,16-,18+,23+/m1/s1. The summed E-state index contributed by atoms with van der Waals surface area (Å²) in [4.78, 5) is 2.52. The number of rotatable bonds is 7. The first-order valence-corrected chi connectivity index (χ1v) is 12.4. The lowest BCUT2D eigenvalue weighted by Gasteiger charge is -2.32. The molecule has 2 aromatic carbocycles. The van der Waals surface area contributed by atoms with E-state index in [1.165, 1.54) is 6.26 Å². The van der Waals surface area contributed by atoms with E-state index >= 15 is 0 Å². The van der Waals surface area contributed by atoms with Crippen LogP contribution in [0.15, 0.2) is 47.4 Å². The van der Waals surface area contributed by atoms with Crippen LogP contribution in [-0.4, -0.2) is 49.9 Å².